The molecule has 8 nitrogen and oxygen atoms in total. The predicted molar refractivity (Wildman–Crippen MR) is 112 cm³/mol. The first-order valence-electron chi connectivity index (χ1n) is 8.74. The van der Waals surface area contributed by atoms with Gasteiger partial charge in [-0.15, -0.1) is 0 Å². The molecule has 0 aliphatic carbocycles. The third kappa shape index (κ3) is 8.00. The van der Waals surface area contributed by atoms with Gasteiger partial charge in [-0.2, -0.15) is 5.10 Å². The molecule has 0 aromatic heterocycles. The van der Waals surface area contributed by atoms with Gasteiger partial charge in [0.05, 0.1) is 17.8 Å². The van der Waals surface area contributed by atoms with Gasteiger partial charge in [0.25, 0.3) is 0 Å². The van der Waals surface area contributed by atoms with Crippen LogP contribution in [0.5, 0.6) is 5.75 Å². The van der Waals surface area contributed by atoms with Gasteiger partial charge in [0, 0.05) is 18.5 Å². The summed E-state index contributed by atoms with van der Waals surface area (Å²) in [5, 5.41) is 6.41. The molecule has 0 fully saturated rings. The fourth-order valence-corrected chi connectivity index (χ4v) is 2.64. The minimum atomic E-state index is -0.499. The first kappa shape index (κ1) is 23.0. The Hall–Kier alpha value is -3.27. The van der Waals surface area contributed by atoms with Crippen molar-refractivity contribution in [3.05, 3.63) is 58.3 Å². The summed E-state index contributed by atoms with van der Waals surface area (Å²) >= 11 is 3.32. The normalized spacial score (nSPS) is 10.5. The number of carbonyl (C=O) groups is 3. The molecule has 0 radical (unpaired) electrons. The van der Waals surface area contributed by atoms with Gasteiger partial charge >= 0.3 is 5.97 Å². The highest BCUT2D eigenvalue weighted by Crippen LogP contribution is 2.25. The smallest absolute Gasteiger partial charge is 0.343 e. The van der Waals surface area contributed by atoms with Gasteiger partial charge in [-0.05, 0) is 64.0 Å². The molecule has 2 aromatic carbocycles. The zero-order chi connectivity index (χ0) is 21.9. The number of hydrogen-bond acceptors (Lipinski definition) is 6. The Morgan fingerprint density at radius 3 is 2.47 bits per heavy atom. The van der Waals surface area contributed by atoms with E-state index in [1.165, 1.54) is 37.6 Å². The Morgan fingerprint density at radius 2 is 1.80 bits per heavy atom. The van der Waals surface area contributed by atoms with E-state index in [0.717, 1.165) is 0 Å². The van der Waals surface area contributed by atoms with E-state index in [2.05, 4.69) is 36.5 Å². The second-order valence-electron chi connectivity index (χ2n) is 5.90. The van der Waals surface area contributed by atoms with E-state index in [1.807, 2.05) is 0 Å². The Balaban J connectivity index is 1.75. The fourth-order valence-electron chi connectivity index (χ4n) is 2.13. The summed E-state index contributed by atoms with van der Waals surface area (Å²) in [5.41, 5.74) is 3.45. The highest BCUT2D eigenvalue weighted by molar-refractivity contribution is 9.10. The van der Waals surface area contributed by atoms with Crippen LogP contribution in [0.2, 0.25) is 0 Å². The van der Waals surface area contributed by atoms with Crippen molar-refractivity contribution in [2.45, 2.75) is 12.8 Å². The topological polar surface area (TPSA) is 106 Å². The number of amides is 2. The largest absolute Gasteiger partial charge is 0.481 e. The minimum absolute atomic E-state index is 0.0451. The number of anilines is 1. The Labute approximate surface area is 180 Å². The molecule has 2 aromatic rings. The minimum Gasteiger partial charge on any atom is -0.481 e. The van der Waals surface area contributed by atoms with E-state index in [0.29, 0.717) is 21.5 Å². The highest BCUT2D eigenvalue weighted by atomic mass is 79.9. The van der Waals surface area contributed by atoms with Crippen LogP contribution in [0.25, 0.3) is 0 Å². The molecule has 30 heavy (non-hydrogen) atoms. The summed E-state index contributed by atoms with van der Waals surface area (Å²) < 4.78 is 23.2. The maximum atomic E-state index is 12.8. The van der Waals surface area contributed by atoms with Crippen molar-refractivity contribution in [3.8, 4) is 5.75 Å². The fraction of sp³-hybridized carbons (Fsp3) is 0.200. The number of ether oxygens (including phenoxy) is 2. The molecular weight excluding hydrogens is 461 g/mol. The molecule has 0 saturated carbocycles. The molecule has 2 amide bonds. The van der Waals surface area contributed by atoms with Crippen molar-refractivity contribution >= 4 is 45.6 Å². The number of nitrogens with one attached hydrogen (secondary N) is 2. The number of rotatable bonds is 9. The number of halogens is 2. The Morgan fingerprint density at radius 1 is 1.10 bits per heavy atom. The first-order valence-corrected chi connectivity index (χ1v) is 9.53. The van der Waals surface area contributed by atoms with Gasteiger partial charge in [0.15, 0.2) is 6.61 Å². The lowest BCUT2D eigenvalue weighted by Crippen LogP contribution is -2.20. The summed E-state index contributed by atoms with van der Waals surface area (Å²) in [4.78, 5) is 34.7. The van der Waals surface area contributed by atoms with Crippen molar-refractivity contribution < 1.29 is 28.2 Å². The lowest BCUT2D eigenvalue weighted by atomic mass is 10.2. The monoisotopic (exact) mass is 479 g/mol. The van der Waals surface area contributed by atoms with Gasteiger partial charge in [0.1, 0.15) is 11.6 Å². The molecule has 0 spiro atoms. The zero-order valence-corrected chi connectivity index (χ0v) is 17.6. The second kappa shape index (κ2) is 11.7. The molecule has 0 unspecified atom stereocenters. The summed E-state index contributed by atoms with van der Waals surface area (Å²) in [5.74, 6) is -1.25. The van der Waals surface area contributed by atoms with Gasteiger partial charge in [0.2, 0.25) is 11.8 Å². The maximum Gasteiger partial charge on any atom is 0.343 e. The first-order chi connectivity index (χ1) is 14.4. The predicted octanol–water partition coefficient (Wildman–Crippen LogP) is 3.01. The third-order valence-electron chi connectivity index (χ3n) is 3.64. The van der Waals surface area contributed by atoms with Crippen LogP contribution in [0, 0.1) is 5.82 Å². The number of carbonyl (C=O) groups excluding carboxylic acids is 3. The van der Waals surface area contributed by atoms with Gasteiger partial charge in [-0.1, -0.05) is 0 Å². The Kier molecular flexibility index (Phi) is 8.95. The molecule has 0 saturated heterocycles. The van der Waals surface area contributed by atoms with Crippen LogP contribution in [0.15, 0.2) is 52.0 Å². The average molecular weight is 480 g/mol. The lowest BCUT2D eigenvalue weighted by Gasteiger charge is -2.07. The molecule has 0 heterocycles. The van der Waals surface area contributed by atoms with Crippen LogP contribution >= 0.6 is 15.9 Å². The van der Waals surface area contributed by atoms with Crippen molar-refractivity contribution in [1.82, 2.24) is 5.43 Å². The molecular formula is C20H19BrFN3O5. The summed E-state index contributed by atoms with van der Waals surface area (Å²) in [7, 11) is 1.27. The van der Waals surface area contributed by atoms with Crippen molar-refractivity contribution in [2.24, 2.45) is 5.10 Å². The molecule has 2 rings (SSSR count). The van der Waals surface area contributed by atoms with E-state index in [1.54, 1.807) is 18.2 Å². The van der Waals surface area contributed by atoms with Crippen molar-refractivity contribution in [3.63, 3.8) is 0 Å². The third-order valence-corrected chi connectivity index (χ3v) is 4.26. The van der Waals surface area contributed by atoms with E-state index in [-0.39, 0.29) is 25.4 Å². The quantitative estimate of drug-likeness (QED) is 0.326. The zero-order valence-electron chi connectivity index (χ0n) is 16.0. The average Bonchev–Trinajstić information content (AvgIpc) is 2.73. The molecule has 2 N–H and O–H groups in total. The van der Waals surface area contributed by atoms with Crippen molar-refractivity contribution in [1.29, 1.82) is 0 Å². The molecule has 0 aliphatic rings. The highest BCUT2D eigenvalue weighted by Gasteiger charge is 2.08. The summed E-state index contributed by atoms with van der Waals surface area (Å²) in [6, 6.07) is 10.3. The van der Waals surface area contributed by atoms with Crippen LogP contribution in [0.4, 0.5) is 10.1 Å². The van der Waals surface area contributed by atoms with E-state index < -0.39 is 17.7 Å². The lowest BCUT2D eigenvalue weighted by molar-refractivity contribution is -0.142. The van der Waals surface area contributed by atoms with Crippen LogP contribution in [-0.4, -0.2) is 37.7 Å². The van der Waals surface area contributed by atoms with Crippen LogP contribution in [0.1, 0.15) is 18.4 Å². The second-order valence-corrected chi connectivity index (χ2v) is 6.76. The SMILES string of the molecule is COC(=O)COc1ccc(C=NNC(=O)CCC(=O)Nc2ccc(F)cc2)cc1Br. The number of methoxy groups -OCH3 is 1. The number of hydrazone groups is 1. The molecule has 0 atom stereocenters. The standard InChI is InChI=1S/C20H19BrFN3O5/c1-29-20(28)12-30-17-7-2-13(10-16(17)21)11-23-25-19(27)9-8-18(26)24-15-5-3-14(22)4-6-15/h2-7,10-11H,8-9,12H2,1H3,(H,24,26)(H,25,27). The number of esters is 1. The molecule has 10 heteroatoms. The van der Waals surface area contributed by atoms with Gasteiger partial charge in [-0.25, -0.2) is 14.6 Å². The number of nitrogens with zero attached hydrogens (tertiary/aromatic N) is 1. The number of benzene rings is 2. The van der Waals surface area contributed by atoms with Crippen LogP contribution < -0.4 is 15.5 Å². The van der Waals surface area contributed by atoms with Gasteiger partial charge in [-0.3, -0.25) is 9.59 Å². The number of hydrogen-bond donors (Lipinski definition) is 2. The van der Waals surface area contributed by atoms with E-state index in [9.17, 15) is 18.8 Å². The molecule has 158 valence electrons. The summed E-state index contributed by atoms with van der Waals surface area (Å²) in [6.45, 7) is -0.215. The molecule has 0 bridgehead atoms. The maximum absolute atomic E-state index is 12.8. The van der Waals surface area contributed by atoms with E-state index >= 15 is 0 Å². The van der Waals surface area contributed by atoms with E-state index in [4.69, 9.17) is 4.74 Å². The summed E-state index contributed by atoms with van der Waals surface area (Å²) in [6.07, 6.45) is 1.32. The van der Waals surface area contributed by atoms with Crippen LogP contribution in [-0.2, 0) is 19.1 Å². The molecule has 0 aliphatic heterocycles. The van der Waals surface area contributed by atoms with Gasteiger partial charge < -0.3 is 14.8 Å². The van der Waals surface area contributed by atoms with Crippen molar-refractivity contribution in [2.75, 3.05) is 19.0 Å². The Bertz CT molecular complexity index is 935. The van der Waals surface area contributed by atoms with Crippen LogP contribution in [0.3, 0.4) is 0 Å².